The van der Waals surface area contributed by atoms with E-state index >= 15 is 0 Å². The van der Waals surface area contributed by atoms with E-state index in [0.717, 1.165) is 5.56 Å². The summed E-state index contributed by atoms with van der Waals surface area (Å²) >= 11 is 0. The molecule has 0 saturated carbocycles. The molecule has 3 aromatic rings. The molecule has 0 aliphatic heterocycles. The van der Waals surface area contributed by atoms with Crippen LogP contribution in [0.3, 0.4) is 0 Å². The number of carbonyl (C=O) groups excluding carboxylic acids is 1. The largest absolute Gasteiger partial charge is 0.481 e. The number of aliphatic carboxylic acids is 1. The summed E-state index contributed by atoms with van der Waals surface area (Å²) in [5.74, 6) is -1.93. The van der Waals surface area contributed by atoms with Crippen molar-refractivity contribution in [3.63, 3.8) is 0 Å². The van der Waals surface area contributed by atoms with Crippen LogP contribution in [-0.2, 0) is 4.79 Å². The molecule has 3 N–H and O–H groups in total. The quantitative estimate of drug-likeness (QED) is 0.403. The Hall–Kier alpha value is -3.72. The van der Waals surface area contributed by atoms with E-state index in [-0.39, 0.29) is 24.6 Å². The van der Waals surface area contributed by atoms with Crippen LogP contribution in [0.1, 0.15) is 61.8 Å². The Morgan fingerprint density at radius 3 is 2.33 bits per heavy atom. The average molecular weight is 498 g/mol. The second-order valence-corrected chi connectivity index (χ2v) is 10.0. The Bertz CT molecular complexity index is 1230. The highest BCUT2D eigenvalue weighted by Crippen LogP contribution is 2.31. The van der Waals surface area contributed by atoms with Crippen molar-refractivity contribution in [1.29, 1.82) is 0 Å². The van der Waals surface area contributed by atoms with Crippen molar-refractivity contribution in [2.24, 2.45) is 5.41 Å². The fourth-order valence-electron chi connectivity index (χ4n) is 3.40. The van der Waals surface area contributed by atoms with Gasteiger partial charge in [-0.3, -0.25) is 9.59 Å². The lowest BCUT2D eigenvalue weighted by Gasteiger charge is -2.36. The van der Waals surface area contributed by atoms with E-state index in [2.05, 4.69) is 10.4 Å². The summed E-state index contributed by atoms with van der Waals surface area (Å²) in [6, 6.07) is 13.3. The van der Waals surface area contributed by atoms with E-state index in [1.54, 1.807) is 19.1 Å². The lowest BCUT2D eigenvalue weighted by Crippen LogP contribution is -2.45. The van der Waals surface area contributed by atoms with Crippen LogP contribution >= 0.6 is 0 Å². The Labute approximate surface area is 209 Å². The molecule has 0 fully saturated rings. The van der Waals surface area contributed by atoms with Crippen molar-refractivity contribution >= 4 is 11.9 Å². The number of hydrogen-bond acceptors (Lipinski definition) is 5. The van der Waals surface area contributed by atoms with Gasteiger partial charge in [-0.25, -0.2) is 9.07 Å². The maximum atomic E-state index is 13.5. The standard InChI is InChI=1S/C27H32FN3O5/c1-17-8-6-7-9-20(17)21(15-24(32)33)29-25(34)22-14-23(36-16-27(5,35)26(2,3)4)31(30-22)19-12-10-18(28)11-13-19/h6-14,21,35H,15-16H2,1-5H3,(H,29,34)(H,32,33)/t21-,27+/m0/s1. The molecule has 192 valence electrons. The predicted molar refractivity (Wildman–Crippen MR) is 133 cm³/mol. The molecule has 0 spiro atoms. The SMILES string of the molecule is Cc1ccccc1[C@H](CC(=O)O)NC(=O)c1cc(OC[C@@](C)(O)C(C)(C)C)n(-c2ccc(F)cc2)n1. The molecule has 3 rings (SSSR count). The highest BCUT2D eigenvalue weighted by Gasteiger charge is 2.36. The second kappa shape index (κ2) is 10.5. The Balaban J connectivity index is 1.95. The number of ether oxygens (including phenoxy) is 1. The molecule has 1 amide bonds. The molecule has 1 heterocycles. The van der Waals surface area contributed by atoms with Crippen LogP contribution in [0.15, 0.2) is 54.6 Å². The highest BCUT2D eigenvalue weighted by atomic mass is 19.1. The number of carboxylic acid groups (broad SMARTS) is 1. The van der Waals surface area contributed by atoms with Gasteiger partial charge in [0.05, 0.1) is 18.2 Å². The minimum Gasteiger partial charge on any atom is -0.481 e. The van der Waals surface area contributed by atoms with Crippen molar-refractivity contribution in [2.75, 3.05) is 6.61 Å². The molecule has 0 aliphatic carbocycles. The summed E-state index contributed by atoms with van der Waals surface area (Å²) in [4.78, 5) is 24.7. The van der Waals surface area contributed by atoms with Gasteiger partial charge in [-0.1, -0.05) is 45.0 Å². The Morgan fingerprint density at radius 2 is 1.75 bits per heavy atom. The molecule has 8 nitrogen and oxygen atoms in total. The van der Waals surface area contributed by atoms with E-state index in [1.807, 2.05) is 39.8 Å². The third-order valence-corrected chi connectivity index (χ3v) is 6.35. The van der Waals surface area contributed by atoms with E-state index < -0.39 is 34.8 Å². The molecule has 0 unspecified atom stereocenters. The van der Waals surface area contributed by atoms with E-state index in [0.29, 0.717) is 11.3 Å². The Kier molecular flexibility index (Phi) is 7.83. The van der Waals surface area contributed by atoms with Gasteiger partial charge in [0.1, 0.15) is 18.0 Å². The molecule has 0 aliphatic rings. The molecule has 2 aromatic carbocycles. The second-order valence-electron chi connectivity index (χ2n) is 10.0. The van der Waals surface area contributed by atoms with E-state index in [4.69, 9.17) is 4.74 Å². The number of aliphatic hydroxyl groups is 1. The number of nitrogens with zero attached hydrogens (tertiary/aromatic N) is 2. The number of aromatic nitrogens is 2. The van der Waals surface area contributed by atoms with Crippen molar-refractivity contribution in [1.82, 2.24) is 15.1 Å². The summed E-state index contributed by atoms with van der Waals surface area (Å²) in [5, 5.41) is 27.4. The predicted octanol–water partition coefficient (Wildman–Crippen LogP) is 4.44. The normalized spacial score (nSPS) is 14.1. The number of carboxylic acids is 1. The summed E-state index contributed by atoms with van der Waals surface area (Å²) in [6.45, 7) is 9.03. The van der Waals surface area contributed by atoms with Crippen molar-refractivity contribution in [2.45, 2.75) is 52.7 Å². The lowest BCUT2D eigenvalue weighted by molar-refractivity contribution is -0.137. The first-order chi connectivity index (χ1) is 16.8. The van der Waals surface area contributed by atoms with Gasteiger partial charge in [0.25, 0.3) is 5.91 Å². The summed E-state index contributed by atoms with van der Waals surface area (Å²) in [7, 11) is 0. The first-order valence-electron chi connectivity index (χ1n) is 11.6. The maximum absolute atomic E-state index is 13.5. The van der Waals surface area contributed by atoms with Crippen LogP contribution in [-0.4, -0.2) is 44.1 Å². The Morgan fingerprint density at radius 1 is 1.11 bits per heavy atom. The van der Waals surface area contributed by atoms with E-state index in [1.165, 1.54) is 35.0 Å². The van der Waals surface area contributed by atoms with Crippen LogP contribution in [0, 0.1) is 18.2 Å². The molecule has 1 aromatic heterocycles. The van der Waals surface area contributed by atoms with Crippen molar-refractivity contribution < 1.29 is 28.9 Å². The number of amides is 1. The smallest absolute Gasteiger partial charge is 0.305 e. The van der Waals surface area contributed by atoms with Gasteiger partial charge >= 0.3 is 5.97 Å². The minimum absolute atomic E-state index is 0.0197. The zero-order chi connectivity index (χ0) is 26.7. The first-order valence-corrected chi connectivity index (χ1v) is 11.6. The fourth-order valence-corrected chi connectivity index (χ4v) is 3.40. The lowest BCUT2D eigenvalue weighted by atomic mass is 9.78. The zero-order valence-corrected chi connectivity index (χ0v) is 21.1. The molecular formula is C27H32FN3O5. The minimum atomic E-state index is -1.20. The summed E-state index contributed by atoms with van der Waals surface area (Å²) < 4.78 is 20.7. The van der Waals surface area contributed by atoms with E-state index in [9.17, 15) is 24.2 Å². The van der Waals surface area contributed by atoms with Gasteiger partial charge in [0.2, 0.25) is 5.88 Å². The maximum Gasteiger partial charge on any atom is 0.305 e. The van der Waals surface area contributed by atoms with Crippen molar-refractivity contribution in [3.8, 4) is 11.6 Å². The molecule has 9 heteroatoms. The van der Waals surface area contributed by atoms with Crippen molar-refractivity contribution in [3.05, 3.63) is 77.2 Å². The van der Waals surface area contributed by atoms with Gasteiger partial charge in [-0.05, 0) is 54.7 Å². The van der Waals surface area contributed by atoms with Crippen LogP contribution in [0.25, 0.3) is 5.69 Å². The van der Waals surface area contributed by atoms with Crippen LogP contribution in [0.4, 0.5) is 4.39 Å². The topological polar surface area (TPSA) is 114 Å². The average Bonchev–Trinajstić information content (AvgIpc) is 3.21. The molecule has 2 atom stereocenters. The number of benzene rings is 2. The number of halogens is 1. The van der Waals surface area contributed by atoms with Gasteiger partial charge in [-0.2, -0.15) is 5.10 Å². The third-order valence-electron chi connectivity index (χ3n) is 6.35. The van der Waals surface area contributed by atoms with Gasteiger partial charge < -0.3 is 20.3 Å². The number of carbonyl (C=O) groups is 2. The third kappa shape index (κ3) is 6.28. The number of aryl methyl sites for hydroxylation is 1. The van der Waals surface area contributed by atoms with Crippen LogP contribution in [0.2, 0.25) is 0 Å². The molecule has 36 heavy (non-hydrogen) atoms. The molecule has 0 radical (unpaired) electrons. The van der Waals surface area contributed by atoms with Gasteiger partial charge in [0.15, 0.2) is 5.69 Å². The number of nitrogens with one attached hydrogen (secondary N) is 1. The van der Waals surface area contributed by atoms with Gasteiger partial charge in [0, 0.05) is 6.07 Å². The van der Waals surface area contributed by atoms with Crippen LogP contribution in [0.5, 0.6) is 5.88 Å². The number of hydrogen-bond donors (Lipinski definition) is 3. The zero-order valence-electron chi connectivity index (χ0n) is 21.1. The fraction of sp³-hybridized carbons (Fsp3) is 0.370. The number of rotatable bonds is 9. The van der Waals surface area contributed by atoms with Gasteiger partial charge in [-0.15, -0.1) is 0 Å². The molecule has 0 saturated heterocycles. The highest BCUT2D eigenvalue weighted by molar-refractivity contribution is 5.93. The summed E-state index contributed by atoms with van der Waals surface area (Å²) in [5.41, 5.74) is 0.254. The molecular weight excluding hydrogens is 465 g/mol. The monoisotopic (exact) mass is 497 g/mol. The molecule has 0 bridgehead atoms. The summed E-state index contributed by atoms with van der Waals surface area (Å²) in [6.07, 6.45) is -0.312. The van der Waals surface area contributed by atoms with Crippen LogP contribution < -0.4 is 10.1 Å². The first kappa shape index (κ1) is 26.9.